The molecule has 2 aromatic carbocycles. The minimum Gasteiger partial charge on any atom is -0.507 e. The zero-order chi connectivity index (χ0) is 24.0. The molecule has 0 spiro atoms. The third-order valence-electron chi connectivity index (χ3n) is 5.33. The second-order valence-electron chi connectivity index (χ2n) is 7.92. The number of hydrogen-bond acceptors (Lipinski definition) is 6. The number of aliphatic hydroxyl groups is 1. The minimum atomic E-state index is -0.704. The van der Waals surface area contributed by atoms with Crippen molar-refractivity contribution in [2.24, 2.45) is 0 Å². The van der Waals surface area contributed by atoms with Crippen LogP contribution in [0.15, 0.2) is 66.8 Å². The number of carbonyl (C=O) groups excluding carboxylic acids is 2. The van der Waals surface area contributed by atoms with Gasteiger partial charge in [0, 0.05) is 18.7 Å². The molecule has 1 N–H and O–H groups in total. The summed E-state index contributed by atoms with van der Waals surface area (Å²) < 4.78 is 11.0. The van der Waals surface area contributed by atoms with Crippen LogP contribution in [0.3, 0.4) is 0 Å². The van der Waals surface area contributed by atoms with Gasteiger partial charge < -0.3 is 24.4 Å². The number of benzene rings is 2. The third kappa shape index (κ3) is 5.43. The number of rotatable bonds is 10. The number of likely N-dealkylation sites (tertiary alicyclic amines) is 1. The number of ketones is 1. The van der Waals surface area contributed by atoms with Gasteiger partial charge in [0.05, 0.1) is 18.2 Å². The van der Waals surface area contributed by atoms with E-state index in [1.54, 1.807) is 42.5 Å². The smallest absolute Gasteiger partial charge is 0.295 e. The average molecular weight is 451 g/mol. The van der Waals surface area contributed by atoms with Crippen molar-refractivity contribution in [3.8, 4) is 11.5 Å². The summed E-state index contributed by atoms with van der Waals surface area (Å²) in [7, 11) is 3.80. The van der Waals surface area contributed by atoms with Crippen molar-refractivity contribution in [2.45, 2.75) is 13.0 Å². The van der Waals surface area contributed by atoms with Crippen molar-refractivity contribution in [3.05, 3.63) is 77.9 Å². The SMILES string of the molecule is C=CCOc1ccc([C@@H]2/C(=C(\O)c3ccc(OCC)cc3)C(=O)C(=O)N2CCN(C)C)cc1. The molecule has 0 unspecified atom stereocenters. The molecular weight excluding hydrogens is 420 g/mol. The van der Waals surface area contributed by atoms with Gasteiger partial charge in [-0.2, -0.15) is 0 Å². The lowest BCUT2D eigenvalue weighted by Crippen LogP contribution is -2.35. The lowest BCUT2D eigenvalue weighted by Gasteiger charge is -2.26. The molecule has 1 saturated heterocycles. The third-order valence-corrected chi connectivity index (χ3v) is 5.33. The zero-order valence-corrected chi connectivity index (χ0v) is 19.3. The highest BCUT2D eigenvalue weighted by Gasteiger charge is 2.45. The molecule has 0 aliphatic carbocycles. The van der Waals surface area contributed by atoms with Gasteiger partial charge in [-0.3, -0.25) is 9.59 Å². The maximum atomic E-state index is 13.1. The van der Waals surface area contributed by atoms with Crippen LogP contribution >= 0.6 is 0 Å². The van der Waals surface area contributed by atoms with E-state index in [1.165, 1.54) is 4.90 Å². The van der Waals surface area contributed by atoms with E-state index in [1.807, 2.05) is 38.1 Å². The van der Waals surface area contributed by atoms with E-state index in [0.717, 1.165) is 0 Å². The maximum Gasteiger partial charge on any atom is 0.295 e. The molecule has 1 aliphatic heterocycles. The quantitative estimate of drug-likeness (QED) is 0.258. The summed E-state index contributed by atoms with van der Waals surface area (Å²) in [5.74, 6) is -0.221. The van der Waals surface area contributed by atoms with Gasteiger partial charge in [0.2, 0.25) is 0 Å². The first-order valence-electron chi connectivity index (χ1n) is 10.9. The minimum absolute atomic E-state index is 0.0719. The van der Waals surface area contributed by atoms with Gasteiger partial charge in [0.15, 0.2) is 0 Å². The number of carbonyl (C=O) groups is 2. The van der Waals surface area contributed by atoms with Gasteiger partial charge >= 0.3 is 0 Å². The van der Waals surface area contributed by atoms with Crippen LogP contribution in [0.4, 0.5) is 0 Å². The molecule has 174 valence electrons. The van der Waals surface area contributed by atoms with E-state index in [0.29, 0.717) is 48.9 Å². The van der Waals surface area contributed by atoms with Gasteiger partial charge in [-0.05, 0) is 63.0 Å². The summed E-state index contributed by atoms with van der Waals surface area (Å²) in [6.07, 6.45) is 1.65. The van der Waals surface area contributed by atoms with Crippen LogP contribution in [-0.4, -0.2) is 67.0 Å². The monoisotopic (exact) mass is 450 g/mol. The lowest BCUT2D eigenvalue weighted by atomic mass is 9.95. The van der Waals surface area contributed by atoms with Crippen molar-refractivity contribution >= 4 is 17.4 Å². The van der Waals surface area contributed by atoms with E-state index in [9.17, 15) is 14.7 Å². The number of ether oxygens (including phenoxy) is 2. The fraction of sp³-hybridized carbons (Fsp3) is 0.308. The molecule has 1 heterocycles. The fourth-order valence-electron chi connectivity index (χ4n) is 3.70. The van der Waals surface area contributed by atoms with Crippen LogP contribution in [0.2, 0.25) is 0 Å². The highest BCUT2D eigenvalue weighted by atomic mass is 16.5. The Labute approximate surface area is 194 Å². The van der Waals surface area contributed by atoms with Gasteiger partial charge in [0.1, 0.15) is 23.9 Å². The lowest BCUT2D eigenvalue weighted by molar-refractivity contribution is -0.140. The number of likely N-dealkylation sites (N-methyl/N-ethyl adjacent to an activating group) is 1. The Morgan fingerprint density at radius 3 is 2.24 bits per heavy atom. The fourth-order valence-corrected chi connectivity index (χ4v) is 3.70. The molecular formula is C26H30N2O5. The van der Waals surface area contributed by atoms with Crippen LogP contribution in [0.25, 0.3) is 5.76 Å². The van der Waals surface area contributed by atoms with Crippen molar-refractivity contribution < 1.29 is 24.2 Å². The standard InChI is InChI=1S/C26H30N2O5/c1-5-17-33-21-11-7-18(8-12-21)23-22(25(30)26(31)28(23)16-15-27(3)4)24(29)19-9-13-20(14-10-19)32-6-2/h5,7-14,23,29H,1,6,15-17H2,2-4H3/b24-22+/t23-/m1/s1. The maximum absolute atomic E-state index is 13.1. The first-order valence-corrected chi connectivity index (χ1v) is 10.9. The number of nitrogens with zero attached hydrogens (tertiary/aromatic N) is 2. The summed E-state index contributed by atoms with van der Waals surface area (Å²) in [5, 5.41) is 11.1. The molecule has 1 amide bonds. The zero-order valence-electron chi connectivity index (χ0n) is 19.3. The Morgan fingerprint density at radius 2 is 1.67 bits per heavy atom. The molecule has 1 fully saturated rings. The van der Waals surface area contributed by atoms with Crippen LogP contribution in [0.1, 0.15) is 24.1 Å². The Morgan fingerprint density at radius 1 is 1.06 bits per heavy atom. The summed E-state index contributed by atoms with van der Waals surface area (Å²) >= 11 is 0. The topological polar surface area (TPSA) is 79.3 Å². The van der Waals surface area contributed by atoms with E-state index in [4.69, 9.17) is 9.47 Å². The van der Waals surface area contributed by atoms with E-state index in [-0.39, 0.29) is 11.3 Å². The highest BCUT2D eigenvalue weighted by molar-refractivity contribution is 6.46. The largest absolute Gasteiger partial charge is 0.507 e. The molecule has 3 rings (SSSR count). The Bertz CT molecular complexity index is 1030. The molecule has 0 radical (unpaired) electrons. The van der Waals surface area contributed by atoms with Crippen molar-refractivity contribution in [3.63, 3.8) is 0 Å². The number of Topliss-reactive ketones (excluding diaryl/α,β-unsaturated/α-hetero) is 1. The number of hydrogen-bond donors (Lipinski definition) is 1. The number of aliphatic hydroxyl groups excluding tert-OH is 1. The van der Waals surface area contributed by atoms with E-state index >= 15 is 0 Å². The first-order chi connectivity index (χ1) is 15.9. The summed E-state index contributed by atoms with van der Waals surface area (Å²) in [4.78, 5) is 29.5. The second kappa shape index (κ2) is 10.8. The van der Waals surface area contributed by atoms with Gasteiger partial charge in [-0.25, -0.2) is 0 Å². The highest BCUT2D eigenvalue weighted by Crippen LogP contribution is 2.39. The van der Waals surface area contributed by atoms with E-state index < -0.39 is 17.7 Å². The average Bonchev–Trinajstić information content (AvgIpc) is 3.06. The molecule has 2 aromatic rings. The van der Waals surface area contributed by atoms with Crippen LogP contribution in [0, 0.1) is 0 Å². The van der Waals surface area contributed by atoms with E-state index in [2.05, 4.69) is 6.58 Å². The molecule has 7 nitrogen and oxygen atoms in total. The molecule has 7 heteroatoms. The summed E-state index contributed by atoms with van der Waals surface area (Å²) in [5.41, 5.74) is 1.23. The predicted octanol–water partition coefficient (Wildman–Crippen LogP) is 3.63. The Hall–Kier alpha value is -3.58. The predicted molar refractivity (Wildman–Crippen MR) is 127 cm³/mol. The normalized spacial score (nSPS) is 17.5. The first kappa shape index (κ1) is 24.1. The van der Waals surface area contributed by atoms with Crippen LogP contribution < -0.4 is 9.47 Å². The summed E-state index contributed by atoms with van der Waals surface area (Å²) in [6, 6.07) is 13.3. The van der Waals surface area contributed by atoms with Gasteiger partial charge in [-0.15, -0.1) is 0 Å². The van der Waals surface area contributed by atoms with Crippen LogP contribution in [-0.2, 0) is 9.59 Å². The van der Waals surface area contributed by atoms with Gasteiger partial charge in [-0.1, -0.05) is 24.8 Å². The van der Waals surface area contributed by atoms with Crippen molar-refractivity contribution in [1.29, 1.82) is 0 Å². The number of amides is 1. The molecule has 1 atom stereocenters. The molecule has 33 heavy (non-hydrogen) atoms. The molecule has 0 aromatic heterocycles. The van der Waals surface area contributed by atoms with Gasteiger partial charge in [0.25, 0.3) is 11.7 Å². The molecule has 0 bridgehead atoms. The Balaban J connectivity index is 2.05. The molecule has 0 saturated carbocycles. The second-order valence-corrected chi connectivity index (χ2v) is 7.92. The van der Waals surface area contributed by atoms with Crippen LogP contribution in [0.5, 0.6) is 11.5 Å². The molecule has 1 aliphatic rings. The summed E-state index contributed by atoms with van der Waals surface area (Å²) in [6.45, 7) is 7.34. The van der Waals surface area contributed by atoms with Crippen molar-refractivity contribution in [1.82, 2.24) is 9.80 Å². The Kier molecular flexibility index (Phi) is 7.90. The van der Waals surface area contributed by atoms with Crippen molar-refractivity contribution in [2.75, 3.05) is 40.4 Å².